The van der Waals surface area contributed by atoms with Crippen molar-refractivity contribution in [3.05, 3.63) is 35.9 Å². The van der Waals surface area contributed by atoms with Gasteiger partial charge >= 0.3 is 0 Å². The van der Waals surface area contributed by atoms with Gasteiger partial charge in [0.25, 0.3) is 0 Å². The summed E-state index contributed by atoms with van der Waals surface area (Å²) in [6.07, 6.45) is 5.38. The molecule has 1 aliphatic carbocycles. The van der Waals surface area contributed by atoms with Crippen molar-refractivity contribution in [3.63, 3.8) is 0 Å². The van der Waals surface area contributed by atoms with Gasteiger partial charge in [0.2, 0.25) is 0 Å². The third-order valence-corrected chi connectivity index (χ3v) is 3.44. The molecular weight excluding hydrogens is 222 g/mol. The first-order valence-electron chi connectivity index (χ1n) is 6.81. The molecule has 1 aliphatic rings. The van der Waals surface area contributed by atoms with Crippen LogP contribution in [0.2, 0.25) is 0 Å². The molecule has 1 saturated carbocycles. The second-order valence-corrected chi connectivity index (χ2v) is 4.86. The molecule has 1 aromatic carbocycles. The fourth-order valence-corrected chi connectivity index (χ4v) is 2.38. The SMILES string of the molecule is OC1CCCCCC1NCC#Cc1ccccc1. The number of hydrogen-bond donors (Lipinski definition) is 2. The molecule has 1 aromatic rings. The van der Waals surface area contributed by atoms with Crippen molar-refractivity contribution < 1.29 is 5.11 Å². The lowest BCUT2D eigenvalue weighted by Crippen LogP contribution is -2.39. The standard InChI is InChI=1S/C16H21NO/c18-16-12-6-2-5-11-15(16)17-13-7-10-14-8-3-1-4-9-14/h1,3-4,8-9,15-18H,2,5-6,11-13H2. The summed E-state index contributed by atoms with van der Waals surface area (Å²) < 4.78 is 0. The van der Waals surface area contributed by atoms with Gasteiger partial charge in [0.1, 0.15) is 0 Å². The Bertz CT molecular complexity index is 404. The van der Waals surface area contributed by atoms with E-state index in [-0.39, 0.29) is 12.1 Å². The molecule has 2 N–H and O–H groups in total. The second-order valence-electron chi connectivity index (χ2n) is 4.86. The van der Waals surface area contributed by atoms with Gasteiger partial charge in [0, 0.05) is 11.6 Å². The predicted octanol–water partition coefficient (Wildman–Crippen LogP) is 2.32. The van der Waals surface area contributed by atoms with E-state index in [2.05, 4.69) is 17.2 Å². The highest BCUT2D eigenvalue weighted by atomic mass is 16.3. The van der Waals surface area contributed by atoms with Crippen LogP contribution in [-0.4, -0.2) is 23.8 Å². The molecule has 2 nitrogen and oxygen atoms in total. The van der Waals surface area contributed by atoms with Crippen LogP contribution in [0.15, 0.2) is 30.3 Å². The Balaban J connectivity index is 1.79. The van der Waals surface area contributed by atoms with Gasteiger partial charge in [-0.3, -0.25) is 0 Å². The third kappa shape index (κ3) is 4.18. The molecule has 0 amide bonds. The molecule has 0 heterocycles. The molecule has 2 rings (SSSR count). The van der Waals surface area contributed by atoms with E-state index in [0.29, 0.717) is 6.54 Å². The highest BCUT2D eigenvalue weighted by molar-refractivity contribution is 5.33. The second kappa shape index (κ2) is 7.20. The maximum absolute atomic E-state index is 9.95. The Hall–Kier alpha value is -1.30. The van der Waals surface area contributed by atoms with Gasteiger partial charge < -0.3 is 10.4 Å². The van der Waals surface area contributed by atoms with Crippen molar-refractivity contribution >= 4 is 0 Å². The van der Waals surface area contributed by atoms with E-state index < -0.39 is 0 Å². The van der Waals surface area contributed by atoms with E-state index in [4.69, 9.17) is 0 Å². The number of benzene rings is 1. The fraction of sp³-hybridized carbons (Fsp3) is 0.500. The summed E-state index contributed by atoms with van der Waals surface area (Å²) in [5.74, 6) is 6.24. The van der Waals surface area contributed by atoms with Gasteiger partial charge in [-0.25, -0.2) is 0 Å². The van der Waals surface area contributed by atoms with Crippen LogP contribution in [0.3, 0.4) is 0 Å². The van der Waals surface area contributed by atoms with Crippen LogP contribution in [0.5, 0.6) is 0 Å². The van der Waals surface area contributed by atoms with Gasteiger partial charge in [0.05, 0.1) is 12.6 Å². The quantitative estimate of drug-likeness (QED) is 0.617. The topological polar surface area (TPSA) is 32.3 Å². The van der Waals surface area contributed by atoms with Crippen LogP contribution in [-0.2, 0) is 0 Å². The molecule has 2 unspecified atom stereocenters. The van der Waals surface area contributed by atoms with Crippen LogP contribution in [0.25, 0.3) is 0 Å². The lowest BCUT2D eigenvalue weighted by molar-refractivity contribution is 0.122. The summed E-state index contributed by atoms with van der Waals surface area (Å²) in [6.45, 7) is 0.649. The number of hydrogen-bond acceptors (Lipinski definition) is 2. The van der Waals surface area contributed by atoms with E-state index in [1.165, 1.54) is 12.8 Å². The highest BCUT2D eigenvalue weighted by Crippen LogP contribution is 2.17. The first-order chi connectivity index (χ1) is 8.86. The molecular formula is C16H21NO. The number of nitrogens with one attached hydrogen (secondary N) is 1. The van der Waals surface area contributed by atoms with E-state index in [0.717, 1.165) is 24.8 Å². The monoisotopic (exact) mass is 243 g/mol. The molecule has 0 spiro atoms. The summed E-state index contributed by atoms with van der Waals surface area (Å²) in [5, 5.41) is 13.3. The van der Waals surface area contributed by atoms with Gasteiger partial charge in [-0.2, -0.15) is 0 Å². The Morgan fingerprint density at radius 2 is 1.89 bits per heavy atom. The minimum Gasteiger partial charge on any atom is -0.392 e. The van der Waals surface area contributed by atoms with Crippen molar-refractivity contribution in [1.82, 2.24) is 5.32 Å². The summed E-state index contributed by atoms with van der Waals surface area (Å²) in [6, 6.07) is 10.2. The van der Waals surface area contributed by atoms with E-state index in [9.17, 15) is 5.11 Å². The Morgan fingerprint density at radius 1 is 1.11 bits per heavy atom. The molecule has 2 atom stereocenters. The minimum absolute atomic E-state index is 0.203. The smallest absolute Gasteiger partial charge is 0.0693 e. The maximum Gasteiger partial charge on any atom is 0.0693 e. The Kier molecular flexibility index (Phi) is 5.26. The predicted molar refractivity (Wildman–Crippen MR) is 74.2 cm³/mol. The minimum atomic E-state index is -0.203. The normalized spacial score (nSPS) is 23.8. The largest absolute Gasteiger partial charge is 0.392 e. The molecule has 0 saturated heterocycles. The molecule has 0 bridgehead atoms. The van der Waals surface area contributed by atoms with Gasteiger partial charge in [-0.15, -0.1) is 0 Å². The average Bonchev–Trinajstić information content (AvgIpc) is 2.61. The van der Waals surface area contributed by atoms with Crippen molar-refractivity contribution in [1.29, 1.82) is 0 Å². The van der Waals surface area contributed by atoms with Crippen molar-refractivity contribution in [2.24, 2.45) is 0 Å². The highest BCUT2D eigenvalue weighted by Gasteiger charge is 2.20. The van der Waals surface area contributed by atoms with Crippen molar-refractivity contribution in [3.8, 4) is 11.8 Å². The zero-order valence-electron chi connectivity index (χ0n) is 10.7. The number of rotatable bonds is 2. The average molecular weight is 243 g/mol. The van der Waals surface area contributed by atoms with Crippen molar-refractivity contribution in [2.75, 3.05) is 6.54 Å². The fourth-order valence-electron chi connectivity index (χ4n) is 2.38. The van der Waals surface area contributed by atoms with Crippen LogP contribution in [0.4, 0.5) is 0 Å². The van der Waals surface area contributed by atoms with E-state index >= 15 is 0 Å². The van der Waals surface area contributed by atoms with E-state index in [1.807, 2.05) is 30.3 Å². The summed E-state index contributed by atoms with van der Waals surface area (Å²) >= 11 is 0. The third-order valence-electron chi connectivity index (χ3n) is 3.44. The zero-order valence-corrected chi connectivity index (χ0v) is 10.7. The number of aliphatic hydroxyl groups excluding tert-OH is 1. The molecule has 18 heavy (non-hydrogen) atoms. The molecule has 0 aliphatic heterocycles. The Labute approximate surface area is 109 Å². The van der Waals surface area contributed by atoms with Gasteiger partial charge in [-0.1, -0.05) is 49.3 Å². The molecule has 1 fully saturated rings. The summed E-state index contributed by atoms with van der Waals surface area (Å²) in [4.78, 5) is 0. The number of aliphatic hydroxyl groups is 1. The van der Waals surface area contributed by atoms with Crippen LogP contribution in [0, 0.1) is 11.8 Å². The zero-order chi connectivity index (χ0) is 12.6. The van der Waals surface area contributed by atoms with Gasteiger partial charge in [0.15, 0.2) is 0 Å². The molecule has 96 valence electrons. The van der Waals surface area contributed by atoms with Crippen molar-refractivity contribution in [2.45, 2.75) is 44.2 Å². The Morgan fingerprint density at radius 3 is 2.72 bits per heavy atom. The van der Waals surface area contributed by atoms with Crippen LogP contribution < -0.4 is 5.32 Å². The lowest BCUT2D eigenvalue weighted by Gasteiger charge is -2.20. The summed E-state index contributed by atoms with van der Waals surface area (Å²) in [7, 11) is 0. The molecule has 0 radical (unpaired) electrons. The van der Waals surface area contributed by atoms with Crippen LogP contribution >= 0.6 is 0 Å². The first kappa shape index (κ1) is 13.1. The molecule has 2 heteroatoms. The maximum atomic E-state index is 9.95. The first-order valence-corrected chi connectivity index (χ1v) is 6.81. The molecule has 0 aromatic heterocycles. The van der Waals surface area contributed by atoms with E-state index in [1.54, 1.807) is 0 Å². The lowest BCUT2D eigenvalue weighted by atomic mass is 10.1. The van der Waals surface area contributed by atoms with Crippen LogP contribution in [0.1, 0.15) is 37.7 Å². The summed E-state index contributed by atoms with van der Waals surface area (Å²) in [5.41, 5.74) is 1.04. The van der Waals surface area contributed by atoms with Gasteiger partial charge in [-0.05, 0) is 25.0 Å².